The molecule has 4 rings (SSSR count). The van der Waals surface area contributed by atoms with Crippen molar-refractivity contribution < 1.29 is 28.8 Å². The van der Waals surface area contributed by atoms with Crippen LogP contribution in [0.25, 0.3) is 6.08 Å². The average Bonchev–Trinajstić information content (AvgIpc) is 3.20. The molecule has 9 nitrogen and oxygen atoms in total. The SMILES string of the molecule is CCOC(=O)C1=C(C)N=c2s/c(=C/c3cc(Br)c(O)c(OCC)c3)c(=O)n2[C@@H]1c1cccc(OC)c1OCC. The summed E-state index contributed by atoms with van der Waals surface area (Å²) >= 11 is 4.54. The summed E-state index contributed by atoms with van der Waals surface area (Å²) in [5, 5.41) is 10.3. The Bertz CT molecular complexity index is 1620. The van der Waals surface area contributed by atoms with Crippen molar-refractivity contribution in [3.8, 4) is 23.0 Å². The highest BCUT2D eigenvalue weighted by Crippen LogP contribution is 2.41. The lowest BCUT2D eigenvalue weighted by Crippen LogP contribution is -2.40. The maximum absolute atomic E-state index is 14.0. The Morgan fingerprint density at radius 2 is 1.90 bits per heavy atom. The molecule has 1 aliphatic rings. The zero-order valence-electron chi connectivity index (χ0n) is 22.2. The van der Waals surface area contributed by atoms with Crippen molar-refractivity contribution in [2.75, 3.05) is 26.9 Å². The molecular weight excluding hydrogens is 588 g/mol. The van der Waals surface area contributed by atoms with Gasteiger partial charge in [0.05, 0.1) is 47.2 Å². The van der Waals surface area contributed by atoms with Gasteiger partial charge in [-0.05, 0) is 73.5 Å². The largest absolute Gasteiger partial charge is 0.503 e. The summed E-state index contributed by atoms with van der Waals surface area (Å²) in [6, 6.07) is 7.84. The third-order valence-corrected chi connectivity index (χ3v) is 7.57. The van der Waals surface area contributed by atoms with Crippen LogP contribution in [0, 0.1) is 0 Å². The van der Waals surface area contributed by atoms with E-state index < -0.39 is 12.0 Å². The number of phenols is 1. The van der Waals surface area contributed by atoms with Gasteiger partial charge in [0.25, 0.3) is 5.56 Å². The number of esters is 1. The zero-order valence-corrected chi connectivity index (χ0v) is 24.6. The molecule has 1 N–H and O–H groups in total. The van der Waals surface area contributed by atoms with Crippen molar-refractivity contribution in [3.63, 3.8) is 0 Å². The summed E-state index contributed by atoms with van der Waals surface area (Å²) in [4.78, 5) is 32.2. The predicted octanol–water partition coefficient (Wildman–Crippen LogP) is 4.07. The molecule has 0 radical (unpaired) electrons. The number of benzene rings is 2. The van der Waals surface area contributed by atoms with E-state index in [0.29, 0.717) is 61.1 Å². The molecule has 0 bridgehead atoms. The molecule has 11 heteroatoms. The minimum atomic E-state index is -0.857. The smallest absolute Gasteiger partial charge is 0.338 e. The number of nitrogens with zero attached hydrogens (tertiary/aromatic N) is 2. The number of hydrogen-bond donors (Lipinski definition) is 1. The molecule has 0 saturated carbocycles. The highest BCUT2D eigenvalue weighted by Gasteiger charge is 2.36. The van der Waals surface area contributed by atoms with Crippen LogP contribution in [-0.4, -0.2) is 42.6 Å². The lowest BCUT2D eigenvalue weighted by Gasteiger charge is -2.26. The number of para-hydroxylation sites is 1. The second-order valence-electron chi connectivity index (χ2n) is 8.40. The fourth-order valence-corrected chi connectivity index (χ4v) is 5.89. The van der Waals surface area contributed by atoms with Crippen molar-refractivity contribution in [1.82, 2.24) is 4.57 Å². The normalized spacial score (nSPS) is 15.0. The summed E-state index contributed by atoms with van der Waals surface area (Å²) in [5.74, 6) is 0.620. The molecular formula is C28H29BrN2O7S. The lowest BCUT2D eigenvalue weighted by molar-refractivity contribution is -0.139. The molecule has 39 heavy (non-hydrogen) atoms. The van der Waals surface area contributed by atoms with Crippen LogP contribution in [0.15, 0.2) is 55.9 Å². The molecule has 2 heterocycles. The van der Waals surface area contributed by atoms with Crippen LogP contribution >= 0.6 is 27.3 Å². The van der Waals surface area contributed by atoms with Crippen molar-refractivity contribution in [2.45, 2.75) is 33.7 Å². The monoisotopic (exact) mass is 616 g/mol. The maximum Gasteiger partial charge on any atom is 0.338 e. The molecule has 0 unspecified atom stereocenters. The fourth-order valence-electron chi connectivity index (χ4n) is 4.39. The number of thiazole rings is 1. The number of phenolic OH excluding ortho intramolecular Hbond substituents is 1. The number of aromatic hydroxyl groups is 1. The van der Waals surface area contributed by atoms with Gasteiger partial charge in [-0.1, -0.05) is 23.5 Å². The van der Waals surface area contributed by atoms with Crippen LogP contribution in [0.2, 0.25) is 0 Å². The molecule has 0 aliphatic carbocycles. The molecule has 0 amide bonds. The van der Waals surface area contributed by atoms with Gasteiger partial charge < -0.3 is 24.1 Å². The van der Waals surface area contributed by atoms with E-state index in [0.717, 1.165) is 0 Å². The molecule has 0 saturated heterocycles. The Labute approximate surface area is 237 Å². The number of rotatable bonds is 9. The number of halogens is 1. The number of aromatic nitrogens is 1. The number of fused-ring (bicyclic) bond motifs is 1. The number of methoxy groups -OCH3 is 1. The van der Waals surface area contributed by atoms with Gasteiger partial charge in [0, 0.05) is 5.56 Å². The number of hydrogen-bond acceptors (Lipinski definition) is 9. The highest BCUT2D eigenvalue weighted by molar-refractivity contribution is 9.10. The highest BCUT2D eigenvalue weighted by atomic mass is 79.9. The van der Waals surface area contributed by atoms with Gasteiger partial charge in [0.2, 0.25) is 0 Å². The van der Waals surface area contributed by atoms with Gasteiger partial charge in [-0.15, -0.1) is 0 Å². The average molecular weight is 618 g/mol. The molecule has 2 aromatic carbocycles. The molecule has 1 atom stereocenters. The summed E-state index contributed by atoms with van der Waals surface area (Å²) in [6.45, 7) is 8.00. The second kappa shape index (κ2) is 12.1. The van der Waals surface area contributed by atoms with Crippen LogP contribution in [0.4, 0.5) is 0 Å². The first-order chi connectivity index (χ1) is 18.7. The van der Waals surface area contributed by atoms with Crippen LogP contribution in [0.5, 0.6) is 23.0 Å². The topological polar surface area (TPSA) is 109 Å². The first-order valence-corrected chi connectivity index (χ1v) is 14.0. The minimum absolute atomic E-state index is 0.0216. The van der Waals surface area contributed by atoms with Gasteiger partial charge in [0.1, 0.15) is 6.04 Å². The Morgan fingerprint density at radius 3 is 2.56 bits per heavy atom. The van der Waals surface area contributed by atoms with E-state index >= 15 is 0 Å². The third-order valence-electron chi connectivity index (χ3n) is 5.98. The minimum Gasteiger partial charge on any atom is -0.503 e. The lowest BCUT2D eigenvalue weighted by atomic mass is 9.94. The molecule has 1 aliphatic heterocycles. The van der Waals surface area contributed by atoms with E-state index in [1.807, 2.05) is 13.8 Å². The number of allylic oxidation sites excluding steroid dienone is 1. The first kappa shape index (κ1) is 28.4. The van der Waals surface area contributed by atoms with Crippen molar-refractivity contribution >= 4 is 39.3 Å². The van der Waals surface area contributed by atoms with Crippen LogP contribution in [0.3, 0.4) is 0 Å². The predicted molar refractivity (Wildman–Crippen MR) is 152 cm³/mol. The Kier molecular flexibility index (Phi) is 8.81. The van der Waals surface area contributed by atoms with Gasteiger partial charge >= 0.3 is 5.97 Å². The molecule has 0 fully saturated rings. The van der Waals surface area contributed by atoms with Crippen LogP contribution in [-0.2, 0) is 9.53 Å². The van der Waals surface area contributed by atoms with E-state index in [4.69, 9.17) is 18.9 Å². The zero-order chi connectivity index (χ0) is 28.3. The van der Waals surface area contributed by atoms with Crippen molar-refractivity contribution in [1.29, 1.82) is 0 Å². The molecule has 0 spiro atoms. The van der Waals surface area contributed by atoms with Crippen molar-refractivity contribution in [3.05, 3.63) is 76.9 Å². The van der Waals surface area contributed by atoms with E-state index in [2.05, 4.69) is 20.9 Å². The number of carbonyl (C=O) groups is 1. The van der Waals surface area contributed by atoms with E-state index in [1.165, 1.54) is 23.0 Å². The molecule has 206 valence electrons. The second-order valence-corrected chi connectivity index (χ2v) is 10.3. The van der Waals surface area contributed by atoms with Crippen LogP contribution in [0.1, 0.15) is 44.9 Å². The number of ether oxygens (including phenoxy) is 4. The Balaban J connectivity index is 2.00. The Hall–Kier alpha value is -3.57. The van der Waals surface area contributed by atoms with Gasteiger partial charge in [-0.3, -0.25) is 9.36 Å². The Morgan fingerprint density at radius 1 is 1.15 bits per heavy atom. The van der Waals surface area contributed by atoms with E-state index in [-0.39, 0.29) is 23.5 Å². The van der Waals surface area contributed by atoms with Crippen molar-refractivity contribution in [2.24, 2.45) is 4.99 Å². The maximum atomic E-state index is 14.0. The van der Waals surface area contributed by atoms with E-state index in [9.17, 15) is 14.7 Å². The standard InChI is InChI=1S/C28H29BrN2O7S/c1-6-36-20-13-16(12-18(29)24(20)32)14-21-26(33)31-23(17-10-9-11-19(35-5)25(17)37-7-2)22(27(34)38-8-3)15(4)30-28(31)39-21/h9-14,23,32H,6-8H2,1-5H3/b21-14+/t23-/m1/s1. The summed E-state index contributed by atoms with van der Waals surface area (Å²) < 4.78 is 24.7. The summed E-state index contributed by atoms with van der Waals surface area (Å²) in [6.07, 6.45) is 1.70. The molecule has 3 aromatic rings. The first-order valence-electron chi connectivity index (χ1n) is 12.4. The van der Waals surface area contributed by atoms with E-state index in [1.54, 1.807) is 50.3 Å². The summed E-state index contributed by atoms with van der Waals surface area (Å²) in [7, 11) is 1.53. The molecule has 1 aromatic heterocycles. The summed E-state index contributed by atoms with van der Waals surface area (Å²) in [5.41, 5.74) is 1.57. The van der Waals surface area contributed by atoms with Crippen LogP contribution < -0.4 is 29.1 Å². The van der Waals surface area contributed by atoms with Gasteiger partial charge in [0.15, 0.2) is 27.8 Å². The van der Waals surface area contributed by atoms with Gasteiger partial charge in [-0.2, -0.15) is 0 Å². The fraction of sp³-hybridized carbons (Fsp3) is 0.321. The number of carbonyl (C=O) groups excluding carboxylic acids is 1. The quantitative estimate of drug-likeness (QED) is 0.361. The van der Waals surface area contributed by atoms with Gasteiger partial charge in [-0.25, -0.2) is 9.79 Å². The third kappa shape index (κ3) is 5.46.